The van der Waals surface area contributed by atoms with Crippen LogP contribution in [0, 0.1) is 11.7 Å². The highest BCUT2D eigenvalue weighted by atomic mass is 79.9. The van der Waals surface area contributed by atoms with Gasteiger partial charge in [0.15, 0.2) is 5.82 Å². The molecule has 1 aromatic carbocycles. The summed E-state index contributed by atoms with van der Waals surface area (Å²) in [6.45, 7) is -0.350. The molecule has 0 saturated heterocycles. The molecular weight excluding hydrogens is 481 g/mol. The predicted molar refractivity (Wildman–Crippen MR) is 119 cm³/mol. The lowest BCUT2D eigenvalue weighted by molar-refractivity contribution is -0.117. The maximum atomic E-state index is 13.0. The first-order chi connectivity index (χ1) is 15.4. The molecule has 3 aromatic rings. The van der Waals surface area contributed by atoms with Crippen molar-refractivity contribution in [3.63, 3.8) is 0 Å². The van der Waals surface area contributed by atoms with E-state index >= 15 is 0 Å². The molecule has 2 aliphatic carbocycles. The summed E-state index contributed by atoms with van der Waals surface area (Å²) in [7, 11) is 0. The van der Waals surface area contributed by atoms with E-state index in [0.29, 0.717) is 22.6 Å². The fourth-order valence-corrected chi connectivity index (χ4v) is 5.18. The minimum absolute atomic E-state index is 0.0521. The minimum Gasteiger partial charge on any atom is -0.470 e. The van der Waals surface area contributed by atoms with Gasteiger partial charge < -0.3 is 4.74 Å². The van der Waals surface area contributed by atoms with E-state index in [1.807, 2.05) is 6.07 Å². The van der Waals surface area contributed by atoms with E-state index in [0.717, 1.165) is 53.7 Å². The Hall–Kier alpha value is -2.88. The smallest absolute Gasteiger partial charge is 0.275 e. The molecule has 1 amide bonds. The van der Waals surface area contributed by atoms with Gasteiger partial charge in [0.05, 0.1) is 23.2 Å². The number of ether oxygens (including phenoxy) is 1. The van der Waals surface area contributed by atoms with Crippen molar-refractivity contribution in [1.29, 1.82) is 0 Å². The van der Waals surface area contributed by atoms with Gasteiger partial charge >= 0.3 is 0 Å². The lowest BCUT2D eigenvalue weighted by atomic mass is 9.85. The molecule has 5 rings (SSSR count). The highest BCUT2D eigenvalue weighted by molar-refractivity contribution is 9.10. The van der Waals surface area contributed by atoms with Crippen LogP contribution in [0.15, 0.2) is 39.9 Å². The Labute approximate surface area is 191 Å². The second-order valence-corrected chi connectivity index (χ2v) is 9.43. The highest BCUT2D eigenvalue weighted by Crippen LogP contribution is 2.47. The quantitative estimate of drug-likeness (QED) is 0.570. The Morgan fingerprint density at radius 3 is 2.88 bits per heavy atom. The lowest BCUT2D eigenvalue weighted by Gasteiger charge is -2.33. The number of carbonyl (C=O) groups excluding carboxylic acids is 1. The van der Waals surface area contributed by atoms with Crippen LogP contribution < -0.4 is 15.6 Å². The number of halogens is 2. The van der Waals surface area contributed by atoms with Gasteiger partial charge in [0.1, 0.15) is 12.1 Å². The summed E-state index contributed by atoms with van der Waals surface area (Å²) < 4.78 is 21.4. The molecule has 0 spiro atoms. The number of fused-ring (bicyclic) bond motifs is 3. The third-order valence-electron chi connectivity index (χ3n) is 6.28. The molecule has 2 fully saturated rings. The monoisotopic (exact) mass is 501 g/mol. The number of aromatic nitrogens is 4. The molecule has 0 radical (unpaired) electrons. The van der Waals surface area contributed by atoms with Crippen LogP contribution in [0.1, 0.15) is 38.5 Å². The highest BCUT2D eigenvalue weighted by Gasteiger charge is 2.44. The molecule has 10 heteroatoms. The Morgan fingerprint density at radius 1 is 1.25 bits per heavy atom. The zero-order valence-corrected chi connectivity index (χ0v) is 18.8. The molecule has 32 heavy (non-hydrogen) atoms. The number of hydrogen-bond donors (Lipinski definition) is 1. The second kappa shape index (κ2) is 8.23. The van der Waals surface area contributed by atoms with E-state index < -0.39 is 17.3 Å². The largest absolute Gasteiger partial charge is 0.470 e. The first-order valence-electron chi connectivity index (χ1n) is 10.6. The molecule has 2 aliphatic rings. The van der Waals surface area contributed by atoms with Gasteiger partial charge in [-0.3, -0.25) is 14.9 Å². The van der Waals surface area contributed by atoms with Gasteiger partial charge in [-0.2, -0.15) is 0 Å². The van der Waals surface area contributed by atoms with Crippen molar-refractivity contribution in [2.45, 2.75) is 50.7 Å². The molecule has 1 N–H and O–H groups in total. The van der Waals surface area contributed by atoms with Gasteiger partial charge in [0, 0.05) is 4.47 Å². The Bertz CT molecular complexity index is 1240. The van der Waals surface area contributed by atoms with E-state index in [2.05, 4.69) is 36.3 Å². The Morgan fingerprint density at radius 2 is 2.06 bits per heavy atom. The van der Waals surface area contributed by atoms with Crippen molar-refractivity contribution in [1.82, 2.24) is 19.7 Å². The summed E-state index contributed by atoms with van der Waals surface area (Å²) in [5, 5.41) is 7.93. The van der Waals surface area contributed by atoms with Gasteiger partial charge in [0.25, 0.3) is 5.56 Å². The molecule has 2 heterocycles. The van der Waals surface area contributed by atoms with E-state index in [1.165, 1.54) is 6.42 Å². The van der Waals surface area contributed by atoms with E-state index in [-0.39, 0.29) is 18.1 Å². The zero-order valence-electron chi connectivity index (χ0n) is 17.2. The summed E-state index contributed by atoms with van der Waals surface area (Å²) in [5.74, 6) is -0.183. The van der Waals surface area contributed by atoms with Crippen molar-refractivity contribution in [3.8, 4) is 5.88 Å². The average Bonchev–Trinajstić information content (AvgIpc) is 3.06. The van der Waals surface area contributed by atoms with Crippen LogP contribution >= 0.6 is 15.9 Å². The second-order valence-electron chi connectivity index (χ2n) is 8.52. The van der Waals surface area contributed by atoms with Crippen LogP contribution in [0.25, 0.3) is 10.8 Å². The molecule has 2 aromatic heterocycles. The van der Waals surface area contributed by atoms with Crippen molar-refractivity contribution in [3.05, 3.63) is 51.2 Å². The fraction of sp³-hybridized carbons (Fsp3) is 0.409. The van der Waals surface area contributed by atoms with Crippen LogP contribution in [0.4, 0.5) is 10.3 Å². The summed E-state index contributed by atoms with van der Waals surface area (Å²) >= 11 is 3.46. The number of nitrogens with one attached hydrogen (secondary N) is 1. The fourth-order valence-electron chi connectivity index (χ4n) is 4.82. The summed E-state index contributed by atoms with van der Waals surface area (Å²) in [6, 6.07) is 5.29. The van der Waals surface area contributed by atoms with Crippen LogP contribution in [0.5, 0.6) is 5.88 Å². The summed E-state index contributed by atoms with van der Waals surface area (Å²) in [5.41, 5.74) is -0.669. The van der Waals surface area contributed by atoms with Crippen LogP contribution in [-0.2, 0) is 11.3 Å². The predicted octanol–water partition coefficient (Wildman–Crippen LogP) is 3.83. The van der Waals surface area contributed by atoms with Crippen molar-refractivity contribution >= 4 is 38.6 Å². The standard InChI is InChI=1S/C22H21BrFN5O3/c23-14-3-4-16-17(8-14)19(32-22-6-1-2-13(9-22)5-7-22)28-29(20(16)31)12-18(30)27-21-25-10-15(24)11-26-21/h3-4,8,10-11,13H,1-2,5-7,9,12H2,(H,25,26,27,30)/t13-,22?/m0/s1. The topological polar surface area (TPSA) is 99.0 Å². The van der Waals surface area contributed by atoms with Gasteiger partial charge in [0.2, 0.25) is 17.7 Å². The van der Waals surface area contributed by atoms with Crippen molar-refractivity contribution in [2.75, 3.05) is 5.32 Å². The molecule has 0 aliphatic heterocycles. The molecule has 2 bridgehead atoms. The van der Waals surface area contributed by atoms with Crippen LogP contribution in [0.2, 0.25) is 0 Å². The molecule has 1 unspecified atom stereocenters. The number of carbonyl (C=O) groups is 1. The zero-order chi connectivity index (χ0) is 22.3. The average molecular weight is 502 g/mol. The first kappa shape index (κ1) is 21.0. The van der Waals surface area contributed by atoms with Gasteiger partial charge in [-0.1, -0.05) is 22.4 Å². The normalized spacial score (nSPS) is 22.1. The summed E-state index contributed by atoms with van der Waals surface area (Å²) in [4.78, 5) is 33.0. The molecule has 2 atom stereocenters. The van der Waals surface area contributed by atoms with Crippen molar-refractivity contribution < 1.29 is 13.9 Å². The minimum atomic E-state index is -0.611. The maximum Gasteiger partial charge on any atom is 0.275 e. The number of hydrogen-bond acceptors (Lipinski definition) is 6. The van der Waals surface area contributed by atoms with Crippen molar-refractivity contribution in [2.24, 2.45) is 5.92 Å². The van der Waals surface area contributed by atoms with Gasteiger partial charge in [-0.25, -0.2) is 19.0 Å². The lowest BCUT2D eigenvalue weighted by Crippen LogP contribution is -2.37. The van der Waals surface area contributed by atoms with E-state index in [9.17, 15) is 14.0 Å². The van der Waals surface area contributed by atoms with Gasteiger partial charge in [-0.05, 0) is 56.2 Å². The molecule has 166 valence electrons. The van der Waals surface area contributed by atoms with E-state index in [1.54, 1.807) is 12.1 Å². The third kappa shape index (κ3) is 4.11. The van der Waals surface area contributed by atoms with Gasteiger partial charge in [-0.15, -0.1) is 5.10 Å². The Kier molecular flexibility index (Phi) is 5.40. The maximum absolute atomic E-state index is 13.0. The number of anilines is 1. The number of amides is 1. The molecule has 2 saturated carbocycles. The number of rotatable bonds is 5. The first-order valence-corrected chi connectivity index (χ1v) is 11.4. The molecular formula is C22H21BrFN5O3. The van der Waals surface area contributed by atoms with Crippen LogP contribution in [-0.4, -0.2) is 31.3 Å². The SMILES string of the molecule is O=C(Cn1nc(OC23CCC[C@@H](CC2)C3)c2cc(Br)ccc2c1=O)Nc1ncc(F)cn1. The Balaban J connectivity index is 1.48. The summed E-state index contributed by atoms with van der Waals surface area (Å²) in [6.07, 6.45) is 8.31. The number of nitrogens with zero attached hydrogens (tertiary/aromatic N) is 4. The third-order valence-corrected chi connectivity index (χ3v) is 6.77. The molecule has 8 nitrogen and oxygen atoms in total. The number of benzene rings is 1. The van der Waals surface area contributed by atoms with Crippen LogP contribution in [0.3, 0.4) is 0 Å². The van der Waals surface area contributed by atoms with E-state index in [4.69, 9.17) is 4.74 Å².